The van der Waals surface area contributed by atoms with Crippen LogP contribution in [0.4, 0.5) is 0 Å². The van der Waals surface area contributed by atoms with Gasteiger partial charge in [-0.2, -0.15) is 0 Å². The fraction of sp³-hybridized carbons (Fsp3) is 0.535. The van der Waals surface area contributed by atoms with Crippen LogP contribution < -0.4 is 75.7 Å². The number of nitrogens with zero attached hydrogens (tertiary/aromatic N) is 5. The van der Waals surface area contributed by atoms with Crippen molar-refractivity contribution in [2.24, 2.45) is 23.1 Å². The van der Waals surface area contributed by atoms with Gasteiger partial charge in [-0.1, -0.05) is 82.1 Å². The Balaban J connectivity index is 1.18. The summed E-state index contributed by atoms with van der Waals surface area (Å²) in [6.07, 6.45) is -1.53. The fourth-order valence-corrected chi connectivity index (χ4v) is 17.4. The van der Waals surface area contributed by atoms with Gasteiger partial charge in [-0.3, -0.25) is 86.9 Å². The van der Waals surface area contributed by atoms with Gasteiger partial charge in [0.25, 0.3) is 0 Å². The van der Waals surface area contributed by atoms with Gasteiger partial charge in [-0.15, -0.1) is 23.1 Å². The molecule has 45 heteroatoms. The van der Waals surface area contributed by atoms with Crippen molar-refractivity contribution in [3.8, 4) is 5.75 Å². The lowest BCUT2D eigenvalue weighted by Gasteiger charge is -2.35. The highest BCUT2D eigenvalue weighted by molar-refractivity contribution is 8.00. The SMILES string of the molecule is CCCC[C@H]1C(=O)N(C)[C@@H](C)C(=O)N[C@@H](CCCNC(=N)N)C(=O)NC(C(=O)N[C@@H](CO)C(N)=O)CSCC(=O)N[C@@H](Cc2ccc(O)cc2)C(=O)N(C)[C@@H](C)C(=O)N[C@@H](CC(N)=O)C(=O)N2CCC[C@H]2C(=O)N[C@@H](CO)C(=O)N[C@H](CC(C)C)C(=O)N2C[C@H](O)C[C@H]2C(=O)N[C@@H](Cc2c[nH]c3ccccc23)C(=O)N[C@@H](CO)C(=O)N[C@@H](Cc2csc3ccccc23)C(=O)N1C. The van der Waals surface area contributed by atoms with E-state index in [1.54, 1.807) is 67.9 Å². The summed E-state index contributed by atoms with van der Waals surface area (Å²) in [5.74, 6) is -19.5. The Labute approximate surface area is 763 Å². The van der Waals surface area contributed by atoms with Crippen molar-refractivity contribution in [3.05, 3.63) is 101 Å². The molecule has 1 unspecified atom stereocenters. The Hall–Kier alpha value is -12.6. The number of phenols is 1. The topological polar surface area (TPSA) is 658 Å². The maximum atomic E-state index is 15.6. The fourth-order valence-electron chi connectivity index (χ4n) is 15.6. The van der Waals surface area contributed by atoms with E-state index in [0.717, 1.165) is 29.2 Å². The first-order valence-electron chi connectivity index (χ1n) is 43.1. The number of aromatic hydroxyl groups is 1. The van der Waals surface area contributed by atoms with Crippen molar-refractivity contribution in [1.29, 1.82) is 5.41 Å². The number of H-pyrrole nitrogens is 1. The number of nitrogens with two attached hydrogens (primary N) is 3. The van der Waals surface area contributed by atoms with Crippen molar-refractivity contribution < 1.29 is 107 Å². The van der Waals surface area contributed by atoms with E-state index in [-0.39, 0.29) is 76.6 Å². The number of carbonyl (C=O) groups is 17. The molecule has 24 N–H and O–H groups in total. The summed E-state index contributed by atoms with van der Waals surface area (Å²) in [6, 6.07) is -4.86. The molecular formula is C86H121N21O22S2. The van der Waals surface area contributed by atoms with Crippen LogP contribution in [-0.2, 0) is 101 Å². The number of carbonyl (C=O) groups excluding carboxylic acids is 17. The standard InChI is InChI=1S/C86H121N21O22S2/c1-9-10-21-66-85(129)104(7)46(5)72(116)94-55(20-15-28-91-86(89)90)74(118)102-64(78(122)99-61(38-108)71(88)115)42-130-43-70(114)93-58(31-47-24-26-50(111)27-25-47)81(125)103(6)45(4)73(117)96-60(35-69(87)113)83(127)106-29-16-22-65(106)79(123)101-63(40-110)77(121)97-57(30-44(2)3)84(128)107-37-51(112)34-67(107)80(124)95-56(32-48-36-92-54-19-13-11-17-52(48)54)75(119)100-62(39-109)76(120)98-59(82(126)105(66)8)33-49-41-131-68-23-14-12-18-53(49)68/h11-14,17-19,23-27,36,41,44-46,51,55-67,92,108-112H,9-10,15-16,20-22,28-35,37-40,42-43H2,1-8H3,(H2,87,113)(H2,88,115)(H,93,114)(H,94,116)(H,95,124)(H,96,117)(H,97,121)(H,98,120)(H,99,122)(H,100,119)(H,101,123)(H,102,118)(H4,89,90,91)/t45-,46-,51+,55-,56-,57+,58-,59-,60-,61-,62-,63-,64?,65-,66-,67-/m0/s1. The molecule has 0 radical (unpaired) electrons. The number of fused-ring (bicyclic) bond motifs is 4. The average molecular weight is 1870 g/mol. The number of guanidine groups is 1. The van der Waals surface area contributed by atoms with E-state index < -0.39 is 260 Å². The number of unbranched alkanes of at least 4 members (excludes halogenated alkanes) is 1. The molecule has 714 valence electrons. The molecule has 0 saturated carbocycles. The molecule has 16 atom stereocenters. The number of primary amides is 2. The van der Waals surface area contributed by atoms with Gasteiger partial charge in [-0.05, 0) is 110 Å². The molecule has 3 saturated heterocycles. The molecule has 3 fully saturated rings. The maximum absolute atomic E-state index is 15.6. The minimum Gasteiger partial charge on any atom is -0.508 e. The van der Waals surface area contributed by atoms with Crippen LogP contribution in [0.25, 0.3) is 21.0 Å². The minimum atomic E-state index is -1.90. The number of benzene rings is 3. The lowest BCUT2D eigenvalue weighted by Crippen LogP contribution is -2.62. The van der Waals surface area contributed by atoms with Crippen LogP contribution in [0.3, 0.4) is 0 Å². The molecule has 5 aromatic rings. The molecule has 3 aliphatic heterocycles. The smallest absolute Gasteiger partial charge is 0.246 e. The molecule has 2 aromatic heterocycles. The molecule has 43 nitrogen and oxygen atoms in total. The molecule has 0 bridgehead atoms. The number of amides is 17. The summed E-state index contributed by atoms with van der Waals surface area (Å²) >= 11 is 2.02. The number of hydrogen-bond donors (Lipinski definition) is 21. The van der Waals surface area contributed by atoms with Gasteiger partial charge in [0.1, 0.15) is 96.4 Å². The van der Waals surface area contributed by atoms with Gasteiger partial charge in [0.05, 0.1) is 38.1 Å². The van der Waals surface area contributed by atoms with E-state index in [2.05, 4.69) is 63.5 Å². The first-order chi connectivity index (χ1) is 62.2. The molecular weight excluding hydrogens is 1740 g/mol. The largest absolute Gasteiger partial charge is 0.508 e. The van der Waals surface area contributed by atoms with Crippen LogP contribution in [0, 0.1) is 11.3 Å². The number of aliphatic hydroxyl groups is 4. The molecule has 3 aliphatic rings. The van der Waals surface area contributed by atoms with Gasteiger partial charge in [0.15, 0.2) is 5.96 Å². The Morgan fingerprint density at radius 1 is 0.580 bits per heavy atom. The van der Waals surface area contributed by atoms with Gasteiger partial charge >= 0.3 is 0 Å². The second-order valence-corrected chi connectivity index (χ2v) is 35.2. The first kappa shape index (κ1) is 104. The number of nitrogens with one attached hydrogen (secondary N) is 13. The number of aromatic nitrogens is 1. The number of hydrogen-bond acceptors (Lipinski definition) is 25. The van der Waals surface area contributed by atoms with E-state index in [1.807, 2.05) is 13.0 Å². The summed E-state index contributed by atoms with van der Waals surface area (Å²) < 4.78 is 0.795. The number of aromatic amines is 1. The third kappa shape index (κ3) is 28.5. The van der Waals surface area contributed by atoms with E-state index in [4.69, 9.17) is 22.6 Å². The molecule has 131 heavy (non-hydrogen) atoms. The zero-order chi connectivity index (χ0) is 96.4. The highest BCUT2D eigenvalue weighted by Gasteiger charge is 2.47. The predicted octanol–water partition coefficient (Wildman–Crippen LogP) is -4.98. The maximum Gasteiger partial charge on any atom is 0.246 e. The highest BCUT2D eigenvalue weighted by Crippen LogP contribution is 2.30. The van der Waals surface area contributed by atoms with Crippen molar-refractivity contribution in [2.45, 2.75) is 215 Å². The van der Waals surface area contributed by atoms with Crippen molar-refractivity contribution in [3.63, 3.8) is 0 Å². The molecule has 0 aliphatic carbocycles. The van der Waals surface area contributed by atoms with Crippen LogP contribution in [0.2, 0.25) is 0 Å². The second kappa shape index (κ2) is 48.9. The van der Waals surface area contributed by atoms with Crippen LogP contribution >= 0.6 is 23.1 Å². The van der Waals surface area contributed by atoms with Gasteiger partial charge in [-0.25, -0.2) is 0 Å². The summed E-state index contributed by atoms with van der Waals surface area (Å²) in [6.45, 7) is 3.85. The second-order valence-electron chi connectivity index (χ2n) is 33.3. The molecule has 5 heterocycles. The number of thioether (sulfide) groups is 1. The predicted molar refractivity (Wildman–Crippen MR) is 480 cm³/mol. The normalized spacial score (nSPS) is 25.4. The van der Waals surface area contributed by atoms with Crippen LogP contribution in [-0.4, -0.2) is 330 Å². The highest BCUT2D eigenvalue weighted by atomic mass is 32.2. The number of thiophene rings is 1. The van der Waals surface area contributed by atoms with Crippen molar-refractivity contribution >= 4 is 150 Å². The first-order valence-corrected chi connectivity index (χ1v) is 45.2. The molecule has 17 amide bonds. The molecule has 3 aromatic carbocycles. The third-order valence-electron chi connectivity index (χ3n) is 23.2. The summed E-state index contributed by atoms with van der Waals surface area (Å²) in [4.78, 5) is 256. The van der Waals surface area contributed by atoms with E-state index in [1.165, 1.54) is 70.6 Å². The van der Waals surface area contributed by atoms with Gasteiger partial charge < -0.3 is 131 Å². The number of likely N-dealkylation sites (N-methyl/N-ethyl adjacent to an activating group) is 3. The summed E-state index contributed by atoms with van der Waals surface area (Å²) in [5, 5.41) is 92.4. The average Bonchev–Trinajstić information content (AvgIpc) is 1.19. The lowest BCUT2D eigenvalue weighted by molar-refractivity contribution is -0.149. The Bertz CT molecular complexity index is 4960. The monoisotopic (exact) mass is 1860 g/mol. The Morgan fingerprint density at radius 3 is 1.76 bits per heavy atom. The quantitative estimate of drug-likeness (QED) is 0.0165. The van der Waals surface area contributed by atoms with E-state index in [9.17, 15) is 78.3 Å². The lowest BCUT2D eigenvalue weighted by atomic mass is 10.0. The molecule has 8 rings (SSSR count). The molecule has 0 spiro atoms. The number of phenolic OH excluding ortho intramolecular Hbond substituents is 1. The van der Waals surface area contributed by atoms with Crippen LogP contribution in [0.5, 0.6) is 5.75 Å². The zero-order valence-corrected chi connectivity index (χ0v) is 75.8. The Kier molecular flexibility index (Phi) is 38.7. The summed E-state index contributed by atoms with van der Waals surface area (Å²) in [7, 11) is 3.75. The number of aliphatic hydroxyl groups excluding tert-OH is 4. The van der Waals surface area contributed by atoms with E-state index >= 15 is 28.8 Å². The van der Waals surface area contributed by atoms with Crippen molar-refractivity contribution in [2.75, 3.05) is 72.1 Å². The van der Waals surface area contributed by atoms with Gasteiger partial charge in [0.2, 0.25) is 100 Å². The Morgan fingerprint density at radius 2 is 1.13 bits per heavy atom. The third-order valence-corrected chi connectivity index (χ3v) is 25.2. The van der Waals surface area contributed by atoms with Crippen LogP contribution in [0.15, 0.2) is 84.4 Å². The summed E-state index contributed by atoms with van der Waals surface area (Å²) in [5.41, 5.74) is 18.7. The number of rotatable bonds is 23. The van der Waals surface area contributed by atoms with E-state index in [0.29, 0.717) is 57.6 Å². The van der Waals surface area contributed by atoms with Crippen LogP contribution in [0.1, 0.15) is 116 Å². The van der Waals surface area contributed by atoms with Crippen molar-refractivity contribution in [1.82, 2.24) is 88.0 Å². The van der Waals surface area contributed by atoms with Gasteiger partial charge in [0, 0.05) is 94.0 Å². The zero-order valence-electron chi connectivity index (χ0n) is 74.2. The number of para-hydroxylation sites is 1. The minimum absolute atomic E-state index is 0.00692.